The second kappa shape index (κ2) is 9.33. The number of nitrogens with one attached hydrogen (secondary N) is 2. The molecule has 7 heteroatoms. The van der Waals surface area contributed by atoms with Gasteiger partial charge in [-0.2, -0.15) is 0 Å². The molecular weight excluding hydrogens is 332 g/mol. The minimum absolute atomic E-state index is 0.218. The maximum absolute atomic E-state index is 11.9. The summed E-state index contributed by atoms with van der Waals surface area (Å²) >= 11 is 0. The van der Waals surface area contributed by atoms with Crippen molar-refractivity contribution in [2.75, 3.05) is 18.5 Å². The molecule has 1 aliphatic rings. The number of urea groups is 1. The van der Waals surface area contributed by atoms with Crippen LogP contribution in [0.25, 0.3) is 11.5 Å². The summed E-state index contributed by atoms with van der Waals surface area (Å²) < 4.78 is 11.2. The van der Waals surface area contributed by atoms with Crippen LogP contribution in [0.2, 0.25) is 0 Å². The molecule has 1 fully saturated rings. The number of rotatable bonds is 7. The van der Waals surface area contributed by atoms with Crippen molar-refractivity contribution in [3.63, 3.8) is 0 Å². The van der Waals surface area contributed by atoms with Gasteiger partial charge in [-0.15, -0.1) is 10.2 Å². The molecule has 0 bridgehead atoms. The Bertz CT molecular complexity index is 693. The van der Waals surface area contributed by atoms with Gasteiger partial charge in [0.15, 0.2) is 0 Å². The Kier molecular flexibility index (Phi) is 6.60. The van der Waals surface area contributed by atoms with Gasteiger partial charge in [0.05, 0.1) is 6.10 Å². The molecule has 0 aliphatic heterocycles. The summed E-state index contributed by atoms with van der Waals surface area (Å²) in [4.78, 5) is 11.9. The van der Waals surface area contributed by atoms with Gasteiger partial charge in [0, 0.05) is 31.3 Å². The third-order valence-corrected chi connectivity index (χ3v) is 4.43. The lowest BCUT2D eigenvalue weighted by molar-refractivity contribution is 0.0276. The first-order valence-corrected chi connectivity index (χ1v) is 9.28. The number of benzene rings is 1. The van der Waals surface area contributed by atoms with E-state index in [1.165, 1.54) is 32.1 Å². The Morgan fingerprint density at radius 1 is 1.19 bits per heavy atom. The summed E-state index contributed by atoms with van der Waals surface area (Å²) in [6.45, 7) is 3.04. The molecule has 2 N–H and O–H groups in total. The van der Waals surface area contributed by atoms with Crippen molar-refractivity contribution in [3.05, 3.63) is 30.2 Å². The minimum atomic E-state index is -0.218. The van der Waals surface area contributed by atoms with Gasteiger partial charge in [0.1, 0.15) is 0 Å². The maximum Gasteiger partial charge on any atom is 0.319 e. The molecule has 2 aromatic rings. The van der Waals surface area contributed by atoms with Crippen molar-refractivity contribution in [1.29, 1.82) is 0 Å². The highest BCUT2D eigenvalue weighted by molar-refractivity contribution is 5.89. The Hall–Kier alpha value is -2.41. The first-order chi connectivity index (χ1) is 12.7. The second-order valence-corrected chi connectivity index (χ2v) is 6.57. The molecule has 26 heavy (non-hydrogen) atoms. The van der Waals surface area contributed by atoms with E-state index in [1.807, 2.05) is 12.1 Å². The van der Waals surface area contributed by atoms with Crippen molar-refractivity contribution in [1.82, 2.24) is 15.5 Å². The molecule has 140 valence electrons. The van der Waals surface area contributed by atoms with Crippen molar-refractivity contribution in [3.8, 4) is 11.5 Å². The Balaban J connectivity index is 1.34. The second-order valence-electron chi connectivity index (χ2n) is 6.57. The monoisotopic (exact) mass is 358 g/mol. The number of carbonyl (C=O) groups excluding carboxylic acids is 1. The van der Waals surface area contributed by atoms with Gasteiger partial charge in [0.2, 0.25) is 11.8 Å². The van der Waals surface area contributed by atoms with Crippen LogP contribution in [0.5, 0.6) is 0 Å². The number of hydrogen-bond donors (Lipinski definition) is 2. The summed E-state index contributed by atoms with van der Waals surface area (Å²) in [5.74, 6) is 0.991. The number of anilines is 1. The molecule has 1 aromatic carbocycles. The Morgan fingerprint density at radius 3 is 2.65 bits per heavy atom. The van der Waals surface area contributed by atoms with E-state index in [9.17, 15) is 4.79 Å². The van der Waals surface area contributed by atoms with Gasteiger partial charge in [-0.1, -0.05) is 19.3 Å². The number of amides is 2. The lowest BCUT2D eigenvalue weighted by Crippen LogP contribution is -2.30. The van der Waals surface area contributed by atoms with Crippen LogP contribution < -0.4 is 10.6 Å². The molecular formula is C19H26N4O3. The molecule has 1 saturated carbocycles. The smallest absolute Gasteiger partial charge is 0.319 e. The highest BCUT2D eigenvalue weighted by atomic mass is 16.5. The van der Waals surface area contributed by atoms with E-state index >= 15 is 0 Å². The number of carbonyl (C=O) groups is 1. The Labute approximate surface area is 153 Å². The van der Waals surface area contributed by atoms with Crippen LogP contribution in [0.3, 0.4) is 0 Å². The summed E-state index contributed by atoms with van der Waals surface area (Å²) in [7, 11) is 0. The molecule has 0 spiro atoms. The van der Waals surface area contributed by atoms with E-state index in [1.54, 1.807) is 19.1 Å². The van der Waals surface area contributed by atoms with E-state index in [4.69, 9.17) is 9.15 Å². The van der Waals surface area contributed by atoms with Crippen molar-refractivity contribution in [2.45, 2.75) is 51.6 Å². The molecule has 1 aromatic heterocycles. The van der Waals surface area contributed by atoms with Gasteiger partial charge in [-0.25, -0.2) is 4.79 Å². The number of aromatic nitrogens is 2. The van der Waals surface area contributed by atoms with Gasteiger partial charge in [-0.3, -0.25) is 0 Å². The van der Waals surface area contributed by atoms with Crippen molar-refractivity contribution in [2.24, 2.45) is 0 Å². The first kappa shape index (κ1) is 18.4. The number of hydrogen-bond acceptors (Lipinski definition) is 5. The molecule has 0 radical (unpaired) electrons. The lowest BCUT2D eigenvalue weighted by atomic mass is 9.98. The van der Waals surface area contributed by atoms with Gasteiger partial charge < -0.3 is 19.8 Å². The summed E-state index contributed by atoms with van der Waals surface area (Å²) in [5.41, 5.74) is 1.53. The molecule has 3 rings (SSSR count). The van der Waals surface area contributed by atoms with Crippen LogP contribution in [0.4, 0.5) is 10.5 Å². The molecule has 0 saturated heterocycles. The lowest BCUT2D eigenvalue weighted by Gasteiger charge is -2.21. The van der Waals surface area contributed by atoms with Crippen molar-refractivity contribution >= 4 is 11.7 Å². The predicted molar refractivity (Wildman–Crippen MR) is 98.9 cm³/mol. The quantitative estimate of drug-likeness (QED) is 0.733. The van der Waals surface area contributed by atoms with E-state index in [-0.39, 0.29) is 6.03 Å². The molecule has 0 unspecified atom stereocenters. The third-order valence-electron chi connectivity index (χ3n) is 4.43. The predicted octanol–water partition coefficient (Wildman–Crippen LogP) is 3.91. The maximum atomic E-state index is 11.9. The molecule has 7 nitrogen and oxygen atoms in total. The van der Waals surface area contributed by atoms with Crippen molar-refractivity contribution < 1.29 is 13.9 Å². The fourth-order valence-electron chi connectivity index (χ4n) is 3.04. The molecule has 0 atom stereocenters. The normalized spacial score (nSPS) is 15.0. The minimum Gasteiger partial charge on any atom is -0.421 e. The zero-order chi connectivity index (χ0) is 18.2. The van der Waals surface area contributed by atoms with Gasteiger partial charge in [0.25, 0.3) is 0 Å². The van der Waals surface area contributed by atoms with E-state index in [0.717, 1.165) is 12.0 Å². The van der Waals surface area contributed by atoms with Crippen LogP contribution in [0, 0.1) is 6.92 Å². The van der Waals surface area contributed by atoms with Gasteiger partial charge in [-0.05, 0) is 43.5 Å². The zero-order valence-corrected chi connectivity index (χ0v) is 15.2. The first-order valence-electron chi connectivity index (χ1n) is 9.28. The SMILES string of the molecule is Cc1nnc(-c2ccc(NC(=O)NCCCOC3CCCCC3)cc2)o1. The standard InChI is InChI=1S/C19H26N4O3/c1-14-22-23-18(26-14)15-8-10-16(11-9-15)21-19(24)20-12-5-13-25-17-6-3-2-4-7-17/h8-11,17H,2-7,12-13H2,1H3,(H2,20,21,24). The van der Waals surface area contributed by atoms with Crippen LogP contribution in [0.15, 0.2) is 28.7 Å². The topological polar surface area (TPSA) is 89.3 Å². The number of ether oxygens (including phenoxy) is 1. The van der Waals surface area contributed by atoms with E-state index in [0.29, 0.717) is 36.7 Å². The summed E-state index contributed by atoms with van der Waals surface area (Å²) in [6, 6.07) is 7.06. The fraction of sp³-hybridized carbons (Fsp3) is 0.526. The fourth-order valence-corrected chi connectivity index (χ4v) is 3.04. The third kappa shape index (κ3) is 5.56. The van der Waals surface area contributed by atoms with Gasteiger partial charge >= 0.3 is 6.03 Å². The highest BCUT2D eigenvalue weighted by Gasteiger charge is 2.13. The number of aryl methyl sites for hydroxylation is 1. The number of nitrogens with zero attached hydrogens (tertiary/aromatic N) is 2. The average Bonchev–Trinajstić information content (AvgIpc) is 3.09. The molecule has 1 heterocycles. The van der Waals surface area contributed by atoms with E-state index in [2.05, 4.69) is 20.8 Å². The summed E-state index contributed by atoms with van der Waals surface area (Å²) in [6.07, 6.45) is 7.46. The van der Waals surface area contributed by atoms with E-state index < -0.39 is 0 Å². The van der Waals surface area contributed by atoms with Crippen LogP contribution in [-0.2, 0) is 4.74 Å². The van der Waals surface area contributed by atoms with Crippen LogP contribution in [-0.4, -0.2) is 35.5 Å². The zero-order valence-electron chi connectivity index (χ0n) is 15.2. The molecule has 2 amide bonds. The van der Waals surface area contributed by atoms with Crippen LogP contribution in [0.1, 0.15) is 44.4 Å². The molecule has 1 aliphatic carbocycles. The largest absolute Gasteiger partial charge is 0.421 e. The van der Waals surface area contributed by atoms with Crippen LogP contribution >= 0.6 is 0 Å². The summed E-state index contributed by atoms with van der Waals surface area (Å²) in [5, 5.41) is 13.4. The highest BCUT2D eigenvalue weighted by Crippen LogP contribution is 2.21. The average molecular weight is 358 g/mol. The Morgan fingerprint density at radius 2 is 1.96 bits per heavy atom.